The van der Waals surface area contributed by atoms with Crippen molar-refractivity contribution in [2.45, 2.75) is 59.6 Å². The highest BCUT2D eigenvalue weighted by molar-refractivity contribution is 5.85. The highest BCUT2D eigenvalue weighted by Gasteiger charge is 2.33. The maximum atomic E-state index is 12.5. The zero-order valence-corrected chi connectivity index (χ0v) is 15.7. The van der Waals surface area contributed by atoms with E-state index in [0.717, 1.165) is 24.2 Å². The molecule has 0 bridgehead atoms. The number of nitrogens with one attached hydrogen (secondary N) is 1. The Morgan fingerprint density at radius 1 is 1.17 bits per heavy atom. The second-order valence-corrected chi connectivity index (χ2v) is 6.12. The summed E-state index contributed by atoms with van der Waals surface area (Å²) in [6, 6.07) is 7.81. The Hall–Kier alpha value is -1.26. The molecule has 0 aliphatic carbocycles. The van der Waals surface area contributed by atoms with Gasteiger partial charge in [-0.1, -0.05) is 26.0 Å². The molecule has 0 radical (unpaired) electrons. The Bertz CT molecular complexity index is 462. The van der Waals surface area contributed by atoms with Crippen molar-refractivity contribution in [3.05, 3.63) is 29.8 Å². The zero-order chi connectivity index (χ0) is 16.8. The second kappa shape index (κ2) is 9.78. The average molecular weight is 343 g/mol. The molecule has 0 aliphatic rings. The van der Waals surface area contributed by atoms with E-state index in [2.05, 4.69) is 5.32 Å². The van der Waals surface area contributed by atoms with Crippen molar-refractivity contribution in [2.75, 3.05) is 6.54 Å². The van der Waals surface area contributed by atoms with Crippen LogP contribution in [0.4, 0.5) is 0 Å². The second-order valence-electron chi connectivity index (χ2n) is 6.12. The topological polar surface area (TPSA) is 64.4 Å². The molecule has 1 aromatic rings. The van der Waals surface area contributed by atoms with Gasteiger partial charge in [0.2, 0.25) is 5.91 Å². The van der Waals surface area contributed by atoms with Gasteiger partial charge in [0.15, 0.2) is 0 Å². The largest absolute Gasteiger partial charge is 0.491 e. The fourth-order valence-electron chi connectivity index (χ4n) is 2.49. The monoisotopic (exact) mass is 342 g/mol. The molecule has 0 saturated carbocycles. The minimum Gasteiger partial charge on any atom is -0.491 e. The highest BCUT2D eigenvalue weighted by Crippen LogP contribution is 2.27. The number of carbonyl (C=O) groups is 1. The van der Waals surface area contributed by atoms with Gasteiger partial charge in [0.25, 0.3) is 0 Å². The van der Waals surface area contributed by atoms with Crippen LogP contribution in [0.15, 0.2) is 24.3 Å². The molecule has 5 heteroatoms. The van der Waals surface area contributed by atoms with Crippen molar-refractivity contribution in [1.82, 2.24) is 5.32 Å². The van der Waals surface area contributed by atoms with Crippen LogP contribution in [-0.4, -0.2) is 18.6 Å². The summed E-state index contributed by atoms with van der Waals surface area (Å²) in [5.41, 5.74) is 6.43. The number of benzene rings is 1. The first-order chi connectivity index (χ1) is 10.4. The number of hydrogen-bond acceptors (Lipinski definition) is 3. The Kier molecular flexibility index (Phi) is 9.25. The third kappa shape index (κ3) is 5.70. The minimum absolute atomic E-state index is 0. The number of halogens is 1. The molecule has 1 rings (SSSR count). The van der Waals surface area contributed by atoms with Crippen LogP contribution in [0, 0.1) is 5.41 Å². The first kappa shape index (κ1) is 21.7. The van der Waals surface area contributed by atoms with Crippen LogP contribution in [-0.2, 0) is 4.79 Å². The number of carbonyl (C=O) groups excluding carboxylic acids is 1. The van der Waals surface area contributed by atoms with E-state index in [-0.39, 0.29) is 30.5 Å². The molecular formula is C18H31ClN2O2. The molecule has 1 atom stereocenters. The third-order valence-corrected chi connectivity index (χ3v) is 4.33. The van der Waals surface area contributed by atoms with E-state index in [1.165, 1.54) is 0 Å². The van der Waals surface area contributed by atoms with Crippen molar-refractivity contribution < 1.29 is 9.53 Å². The highest BCUT2D eigenvalue weighted by atomic mass is 35.5. The molecular weight excluding hydrogens is 312 g/mol. The van der Waals surface area contributed by atoms with Crippen molar-refractivity contribution in [1.29, 1.82) is 0 Å². The Morgan fingerprint density at radius 3 is 2.09 bits per heavy atom. The SMILES string of the molecule is CCC(CC)(CN)C(=O)NC(C)c1ccc(OC(C)C)cc1.Cl. The summed E-state index contributed by atoms with van der Waals surface area (Å²) >= 11 is 0. The van der Waals surface area contributed by atoms with E-state index < -0.39 is 5.41 Å². The molecule has 0 aromatic heterocycles. The molecule has 0 heterocycles. The average Bonchev–Trinajstić information content (AvgIpc) is 2.49. The summed E-state index contributed by atoms with van der Waals surface area (Å²) in [5, 5.41) is 3.09. The van der Waals surface area contributed by atoms with Gasteiger partial charge in [-0.3, -0.25) is 4.79 Å². The molecule has 0 fully saturated rings. The van der Waals surface area contributed by atoms with E-state index in [9.17, 15) is 4.79 Å². The minimum atomic E-state index is -0.463. The standard InChI is InChI=1S/C18H30N2O2.ClH/c1-6-18(7-2,12-19)17(21)20-14(5)15-8-10-16(11-9-15)22-13(3)4;/h8-11,13-14H,6-7,12,19H2,1-5H3,(H,20,21);1H. The summed E-state index contributed by atoms with van der Waals surface area (Å²) in [6.07, 6.45) is 1.65. The summed E-state index contributed by atoms with van der Waals surface area (Å²) in [6.45, 7) is 10.4. The zero-order valence-electron chi connectivity index (χ0n) is 14.9. The number of rotatable bonds is 8. The van der Waals surface area contributed by atoms with Crippen LogP contribution in [0.1, 0.15) is 59.1 Å². The molecule has 3 N–H and O–H groups in total. The van der Waals surface area contributed by atoms with Crippen molar-refractivity contribution in [3.8, 4) is 5.75 Å². The van der Waals surface area contributed by atoms with Gasteiger partial charge >= 0.3 is 0 Å². The number of nitrogens with two attached hydrogens (primary N) is 1. The van der Waals surface area contributed by atoms with E-state index >= 15 is 0 Å². The van der Waals surface area contributed by atoms with Gasteiger partial charge in [-0.15, -0.1) is 12.4 Å². The quantitative estimate of drug-likeness (QED) is 0.754. The van der Waals surface area contributed by atoms with Gasteiger partial charge in [-0.05, 0) is 51.3 Å². The van der Waals surface area contributed by atoms with Crippen LogP contribution in [0.2, 0.25) is 0 Å². The predicted octanol–water partition coefficient (Wildman–Crippen LogP) is 3.84. The molecule has 23 heavy (non-hydrogen) atoms. The summed E-state index contributed by atoms with van der Waals surface area (Å²) in [7, 11) is 0. The lowest BCUT2D eigenvalue weighted by Gasteiger charge is -2.30. The molecule has 4 nitrogen and oxygen atoms in total. The first-order valence-electron chi connectivity index (χ1n) is 8.16. The van der Waals surface area contributed by atoms with Crippen molar-refractivity contribution in [2.24, 2.45) is 11.1 Å². The molecule has 132 valence electrons. The van der Waals surface area contributed by atoms with Gasteiger partial charge in [-0.2, -0.15) is 0 Å². The lowest BCUT2D eigenvalue weighted by atomic mass is 9.81. The fraction of sp³-hybridized carbons (Fsp3) is 0.611. The molecule has 1 amide bonds. The summed E-state index contributed by atoms with van der Waals surface area (Å²) in [4.78, 5) is 12.5. The van der Waals surface area contributed by atoms with Gasteiger partial charge in [0.1, 0.15) is 5.75 Å². The maximum Gasteiger partial charge on any atom is 0.227 e. The Balaban J connectivity index is 0.00000484. The number of amides is 1. The van der Waals surface area contributed by atoms with Crippen LogP contribution < -0.4 is 15.8 Å². The summed E-state index contributed by atoms with van der Waals surface area (Å²) in [5.74, 6) is 0.880. The van der Waals surface area contributed by atoms with Crippen LogP contribution >= 0.6 is 12.4 Å². The molecule has 0 spiro atoms. The Morgan fingerprint density at radius 2 is 1.70 bits per heavy atom. The predicted molar refractivity (Wildman–Crippen MR) is 98.1 cm³/mol. The van der Waals surface area contributed by atoms with Crippen LogP contribution in [0.5, 0.6) is 5.75 Å². The third-order valence-electron chi connectivity index (χ3n) is 4.33. The van der Waals surface area contributed by atoms with E-state index in [4.69, 9.17) is 10.5 Å². The summed E-state index contributed by atoms with van der Waals surface area (Å²) < 4.78 is 5.63. The Labute approximate surface area is 146 Å². The van der Waals surface area contributed by atoms with Gasteiger partial charge in [0.05, 0.1) is 17.6 Å². The number of ether oxygens (including phenoxy) is 1. The smallest absolute Gasteiger partial charge is 0.227 e. The molecule has 0 saturated heterocycles. The van der Waals surface area contributed by atoms with E-state index in [1.807, 2.05) is 58.9 Å². The van der Waals surface area contributed by atoms with Gasteiger partial charge in [0, 0.05) is 6.54 Å². The van der Waals surface area contributed by atoms with Gasteiger partial charge < -0.3 is 15.8 Å². The van der Waals surface area contributed by atoms with Crippen molar-refractivity contribution in [3.63, 3.8) is 0 Å². The van der Waals surface area contributed by atoms with Crippen LogP contribution in [0.3, 0.4) is 0 Å². The molecule has 1 unspecified atom stereocenters. The first-order valence-corrected chi connectivity index (χ1v) is 8.16. The lowest BCUT2D eigenvalue weighted by molar-refractivity contribution is -0.131. The normalized spacial score (nSPS) is 12.5. The maximum absolute atomic E-state index is 12.5. The van der Waals surface area contributed by atoms with Crippen molar-refractivity contribution >= 4 is 18.3 Å². The number of hydrogen-bond donors (Lipinski definition) is 2. The van der Waals surface area contributed by atoms with Crippen LogP contribution in [0.25, 0.3) is 0 Å². The van der Waals surface area contributed by atoms with E-state index in [1.54, 1.807) is 0 Å². The molecule has 1 aromatic carbocycles. The lowest BCUT2D eigenvalue weighted by Crippen LogP contribution is -2.46. The fourth-order valence-corrected chi connectivity index (χ4v) is 2.49. The van der Waals surface area contributed by atoms with E-state index in [0.29, 0.717) is 6.54 Å². The van der Waals surface area contributed by atoms with Gasteiger partial charge in [-0.25, -0.2) is 0 Å². The molecule has 0 aliphatic heterocycles.